The zero-order valence-corrected chi connectivity index (χ0v) is 53.8. The van der Waals surface area contributed by atoms with Crippen LogP contribution in [0.25, 0.3) is 0 Å². The van der Waals surface area contributed by atoms with Crippen molar-refractivity contribution in [3.63, 3.8) is 0 Å². The fourth-order valence-corrected chi connectivity index (χ4v) is 9.43. The minimum Gasteiger partial charge on any atom is -0.481 e. The van der Waals surface area contributed by atoms with Crippen LogP contribution in [-0.2, 0) is 81.5 Å². The summed E-state index contributed by atoms with van der Waals surface area (Å²) in [6.07, 6.45) is -3.62. The molecule has 13 amide bonds. The second-order valence-corrected chi connectivity index (χ2v) is 22.6. The number of unbranched alkanes of at least 4 members (excludes halogenated alkanes) is 1. The number of nitrogens with zero attached hydrogens (tertiary/aromatic N) is 2. The summed E-state index contributed by atoms with van der Waals surface area (Å²) in [6, 6.07) is -21.4. The van der Waals surface area contributed by atoms with Crippen LogP contribution < -0.4 is 81.4 Å². The van der Waals surface area contributed by atoms with E-state index in [0.717, 1.165) is 11.8 Å². The van der Waals surface area contributed by atoms with E-state index >= 15 is 0 Å². The highest BCUT2D eigenvalue weighted by molar-refractivity contribution is 7.80. The molecule has 0 aromatic carbocycles. The number of aliphatic carboxylic acids is 4. The normalized spacial score (nSPS) is 16.0. The van der Waals surface area contributed by atoms with Crippen LogP contribution in [0.1, 0.15) is 104 Å². The maximum atomic E-state index is 14.0. The summed E-state index contributed by atoms with van der Waals surface area (Å²) < 4.78 is 0. The zero-order chi connectivity index (χ0) is 73.1. The number of hydrogen-bond acceptors (Lipinski definition) is 23. The van der Waals surface area contributed by atoms with Crippen LogP contribution in [0.15, 0.2) is 4.99 Å². The minimum atomic E-state index is -2.13. The van der Waals surface area contributed by atoms with E-state index in [1.807, 2.05) is 21.3 Å². The van der Waals surface area contributed by atoms with Crippen molar-refractivity contribution in [1.29, 1.82) is 0 Å². The molecule has 540 valence electrons. The second-order valence-electron chi connectivity index (χ2n) is 22.3. The van der Waals surface area contributed by atoms with Gasteiger partial charge in [0.25, 0.3) is 0 Å². The Bertz CT molecular complexity index is 2810. The van der Waals surface area contributed by atoms with Gasteiger partial charge in [-0.3, -0.25) is 81.7 Å². The summed E-state index contributed by atoms with van der Waals surface area (Å²) in [4.78, 5) is 225. The lowest BCUT2D eigenvalue weighted by Crippen LogP contribution is -2.62. The number of aliphatic imine (C=N–C) groups is 1. The molecule has 0 aromatic heterocycles. The van der Waals surface area contributed by atoms with Gasteiger partial charge in [-0.1, -0.05) is 13.8 Å². The van der Waals surface area contributed by atoms with Crippen molar-refractivity contribution in [2.45, 2.75) is 177 Å². The van der Waals surface area contributed by atoms with E-state index in [1.165, 1.54) is 0 Å². The zero-order valence-electron chi connectivity index (χ0n) is 52.9. The van der Waals surface area contributed by atoms with Crippen molar-refractivity contribution in [3.05, 3.63) is 0 Å². The van der Waals surface area contributed by atoms with Crippen LogP contribution >= 0.6 is 12.6 Å². The van der Waals surface area contributed by atoms with Crippen molar-refractivity contribution in [3.8, 4) is 0 Å². The first-order valence-corrected chi connectivity index (χ1v) is 30.6. The third-order valence-corrected chi connectivity index (χ3v) is 14.3. The predicted octanol–water partition coefficient (Wildman–Crippen LogP) is -10.8. The highest BCUT2D eigenvalue weighted by Crippen LogP contribution is 2.21. The number of carboxylic acids is 4. The number of amides is 13. The Balaban J connectivity index is 3.32. The topological polar surface area (TPSA) is 684 Å². The molecule has 1 fully saturated rings. The van der Waals surface area contributed by atoms with E-state index in [-0.39, 0.29) is 70.0 Å². The number of carboxylic acid groups (broad SMARTS) is 4. The van der Waals surface area contributed by atoms with Gasteiger partial charge in [-0.25, -0.2) is 4.79 Å². The molecule has 12 atom stereocenters. The van der Waals surface area contributed by atoms with Crippen LogP contribution in [0.5, 0.6) is 0 Å². The van der Waals surface area contributed by atoms with E-state index < -0.39 is 231 Å². The molecule has 0 bridgehead atoms. The molecule has 41 nitrogen and oxygen atoms in total. The standard InChI is InChI=1S/C54H89N17O24S/c1-24(2)16-32(52(93)71-15-7-10-37(71)51(92)62-28(53(94)95)11-12-39(77)78)66-45(86)30(18-40(79)80)65-50(91)36(23-96)70-49(90)35(22-74)67-44(85)29(17-38(56)76)63-47(88)33(20-72)69-48(89)34(21-73)68-46(87)31(19-41(81)82)64-43(84)27(9-6-14-59-54(57)58)61-42(83)26(60-25(3)75)8-4-5-13-55/h24,26-37,72-74,96H,4-23,55H2,1-3H3,(H2,56,76)(H,60,75)(H,61,83)(H,62,92)(H,63,88)(H,64,84)(H,65,91)(H,66,86)(H,67,85)(H,68,87)(H,69,89)(H,70,90)(H,77,78)(H,79,80)(H,81,82)(H,94,95)(H4,57,58,59)/t26-,27-,28-,29-,30-,31-,32-,33-,34-,35-,36-,37-/m0/s1. The maximum Gasteiger partial charge on any atom is 0.326 e. The van der Waals surface area contributed by atoms with Crippen molar-refractivity contribution >= 4 is 119 Å². The van der Waals surface area contributed by atoms with Gasteiger partial charge in [0.05, 0.1) is 39.1 Å². The SMILES string of the molecule is CC(=O)N[C@@H](CCCCN)C(=O)N[C@@H](CCCN=C(N)N)C(=O)N[C@@H](CC(=O)O)C(=O)N[C@@H](CO)C(=O)N[C@@H](CO)C(=O)N[C@@H](CC(N)=O)C(=O)N[C@@H](CO)C(=O)N[C@@H](CS)C(=O)N[C@@H](CC(=O)O)C(=O)N[C@@H](CC(C)C)C(=O)N1CCC[C@H]1C(=O)N[C@@H](CCC(=O)O)C(=O)O. The summed E-state index contributed by atoms with van der Waals surface area (Å²) >= 11 is 4.03. The number of nitrogens with one attached hydrogen (secondary N) is 11. The van der Waals surface area contributed by atoms with E-state index in [2.05, 4.69) is 54.8 Å². The Kier molecular flexibility index (Phi) is 38.2. The van der Waals surface area contributed by atoms with Gasteiger partial charge in [0.15, 0.2) is 5.96 Å². The Morgan fingerprint density at radius 2 is 0.885 bits per heavy atom. The first-order chi connectivity index (χ1) is 45.0. The summed E-state index contributed by atoms with van der Waals surface area (Å²) in [6.45, 7) is 0.655. The molecule has 1 aliphatic rings. The Morgan fingerprint density at radius 3 is 1.28 bits per heavy atom. The lowest BCUT2D eigenvalue weighted by Gasteiger charge is -2.31. The number of nitrogens with two attached hydrogens (primary N) is 4. The van der Waals surface area contributed by atoms with Gasteiger partial charge in [-0.2, -0.15) is 12.6 Å². The number of likely N-dealkylation sites (tertiary alicyclic amines) is 1. The largest absolute Gasteiger partial charge is 0.481 e. The summed E-state index contributed by atoms with van der Waals surface area (Å²) in [5.41, 5.74) is 21.6. The van der Waals surface area contributed by atoms with Gasteiger partial charge >= 0.3 is 23.9 Å². The average Bonchev–Trinajstić information content (AvgIpc) is 1.84. The molecule has 26 N–H and O–H groups in total. The molecule has 0 aliphatic carbocycles. The van der Waals surface area contributed by atoms with Gasteiger partial charge in [-0.15, -0.1) is 0 Å². The van der Waals surface area contributed by atoms with Gasteiger partial charge in [0.1, 0.15) is 72.5 Å². The van der Waals surface area contributed by atoms with Crippen molar-refractivity contribution in [2.75, 3.05) is 45.2 Å². The number of carbonyl (C=O) groups is 17. The number of rotatable bonds is 46. The molecule has 42 heteroatoms. The molecule has 1 aliphatic heterocycles. The lowest BCUT2D eigenvalue weighted by molar-refractivity contribution is -0.146. The number of hydrogen-bond donors (Lipinski definition) is 23. The molecule has 0 unspecified atom stereocenters. The fraction of sp³-hybridized carbons (Fsp3) is 0.667. The third kappa shape index (κ3) is 31.1. The van der Waals surface area contributed by atoms with E-state index in [1.54, 1.807) is 13.8 Å². The van der Waals surface area contributed by atoms with Crippen molar-refractivity contribution in [2.24, 2.45) is 33.8 Å². The van der Waals surface area contributed by atoms with Crippen LogP contribution in [0.2, 0.25) is 0 Å². The van der Waals surface area contributed by atoms with E-state index in [0.29, 0.717) is 12.8 Å². The van der Waals surface area contributed by atoms with Crippen LogP contribution in [0, 0.1) is 5.92 Å². The van der Waals surface area contributed by atoms with Crippen molar-refractivity contribution < 1.29 is 117 Å². The van der Waals surface area contributed by atoms with Gasteiger partial charge < -0.3 is 122 Å². The number of carbonyl (C=O) groups excluding carboxylic acids is 13. The number of aliphatic hydroxyl groups is 3. The molecular weight excluding hydrogens is 1300 g/mol. The van der Waals surface area contributed by atoms with Crippen LogP contribution in [0.3, 0.4) is 0 Å². The maximum absolute atomic E-state index is 14.0. The Morgan fingerprint density at radius 1 is 0.490 bits per heavy atom. The first-order valence-electron chi connectivity index (χ1n) is 30.0. The third-order valence-electron chi connectivity index (χ3n) is 14.0. The second kappa shape index (κ2) is 43.4. The fourth-order valence-electron chi connectivity index (χ4n) is 9.17. The van der Waals surface area contributed by atoms with Gasteiger partial charge in [0, 0.05) is 32.2 Å². The predicted molar refractivity (Wildman–Crippen MR) is 332 cm³/mol. The monoisotopic (exact) mass is 1390 g/mol. The quantitative estimate of drug-likeness (QED) is 0.0116. The van der Waals surface area contributed by atoms with E-state index in [4.69, 9.17) is 28.0 Å². The molecule has 0 spiro atoms. The summed E-state index contributed by atoms with van der Waals surface area (Å²) in [5, 5.41) is 92.3. The molecule has 0 aromatic rings. The highest BCUT2D eigenvalue weighted by Gasteiger charge is 2.41. The Hall–Kier alpha value is -9.55. The molecule has 0 radical (unpaired) electrons. The highest BCUT2D eigenvalue weighted by atomic mass is 32.1. The molecule has 96 heavy (non-hydrogen) atoms. The van der Waals surface area contributed by atoms with Gasteiger partial charge in [0.2, 0.25) is 76.8 Å². The number of aliphatic hydroxyl groups excluding tert-OH is 3. The number of guanidine groups is 1. The van der Waals surface area contributed by atoms with Gasteiger partial charge in [-0.05, 0) is 70.3 Å². The molecule has 1 saturated heterocycles. The van der Waals surface area contributed by atoms with Crippen LogP contribution in [0.4, 0.5) is 0 Å². The molecule has 1 heterocycles. The van der Waals surface area contributed by atoms with Crippen LogP contribution in [-0.4, -0.2) is 265 Å². The molecular formula is C54H89N17O24S. The first kappa shape index (κ1) is 84.5. The number of thiol groups is 1. The minimum absolute atomic E-state index is 0.0190. The average molecular weight is 1390 g/mol. The molecule has 1 rings (SSSR count). The smallest absolute Gasteiger partial charge is 0.326 e. The summed E-state index contributed by atoms with van der Waals surface area (Å²) in [5.74, 6) is -23.0. The molecule has 0 saturated carbocycles. The summed E-state index contributed by atoms with van der Waals surface area (Å²) in [7, 11) is 0. The lowest BCUT2D eigenvalue weighted by atomic mass is 10.0. The Labute approximate surface area is 554 Å². The number of primary amides is 1. The van der Waals surface area contributed by atoms with E-state index in [9.17, 15) is 112 Å². The van der Waals surface area contributed by atoms with Crippen molar-refractivity contribution in [1.82, 2.24) is 63.4 Å².